The van der Waals surface area contributed by atoms with Crippen molar-refractivity contribution in [3.8, 4) is 0 Å². The van der Waals surface area contributed by atoms with Gasteiger partial charge in [-0.05, 0) is 37.8 Å². The van der Waals surface area contributed by atoms with E-state index >= 15 is 0 Å². The van der Waals surface area contributed by atoms with Gasteiger partial charge in [0, 0.05) is 24.8 Å². The Bertz CT molecular complexity index is 302. The maximum atomic E-state index is 6.07. The van der Waals surface area contributed by atoms with Crippen molar-refractivity contribution in [3.05, 3.63) is 30.3 Å². The van der Waals surface area contributed by atoms with Gasteiger partial charge in [-0.3, -0.25) is 0 Å². The Morgan fingerprint density at radius 1 is 1.27 bits per heavy atom. The molecule has 0 bridgehead atoms. The summed E-state index contributed by atoms with van der Waals surface area (Å²) in [6, 6.07) is 11.2. The van der Waals surface area contributed by atoms with E-state index in [-0.39, 0.29) is 6.04 Å². The Morgan fingerprint density at radius 2 is 1.87 bits per heavy atom. The van der Waals surface area contributed by atoms with Crippen molar-refractivity contribution in [2.45, 2.75) is 31.8 Å². The number of nitrogens with two attached hydrogens (primary N) is 1. The van der Waals surface area contributed by atoms with Gasteiger partial charge in [0.15, 0.2) is 0 Å². The van der Waals surface area contributed by atoms with Crippen LogP contribution in [0.1, 0.15) is 19.8 Å². The van der Waals surface area contributed by atoms with E-state index in [2.05, 4.69) is 49.2 Å². The van der Waals surface area contributed by atoms with Crippen LogP contribution in [0.5, 0.6) is 0 Å². The van der Waals surface area contributed by atoms with Gasteiger partial charge in [0.1, 0.15) is 0 Å². The van der Waals surface area contributed by atoms with E-state index < -0.39 is 0 Å². The van der Waals surface area contributed by atoms with E-state index in [1.165, 1.54) is 18.5 Å². The molecule has 0 spiro atoms. The Morgan fingerprint density at radius 3 is 2.33 bits per heavy atom. The Hall–Kier alpha value is -1.02. The number of hydrogen-bond donors (Lipinski definition) is 1. The van der Waals surface area contributed by atoms with Crippen LogP contribution < -0.4 is 10.6 Å². The number of hydrogen-bond acceptors (Lipinski definition) is 2. The van der Waals surface area contributed by atoms with Gasteiger partial charge in [-0.1, -0.05) is 18.2 Å². The zero-order chi connectivity index (χ0) is 10.8. The van der Waals surface area contributed by atoms with Crippen molar-refractivity contribution in [1.29, 1.82) is 0 Å². The summed E-state index contributed by atoms with van der Waals surface area (Å²) in [7, 11) is 2.15. The minimum atomic E-state index is 0.239. The summed E-state index contributed by atoms with van der Waals surface area (Å²) in [5, 5.41) is 0. The number of benzene rings is 1. The van der Waals surface area contributed by atoms with Crippen molar-refractivity contribution in [2.24, 2.45) is 11.7 Å². The summed E-state index contributed by atoms with van der Waals surface area (Å²) < 4.78 is 0. The highest BCUT2D eigenvalue weighted by molar-refractivity contribution is 5.47. The van der Waals surface area contributed by atoms with Crippen LogP contribution in [-0.2, 0) is 0 Å². The molecule has 2 atom stereocenters. The zero-order valence-electron chi connectivity index (χ0n) is 9.56. The molecule has 2 N–H and O–H groups in total. The highest BCUT2D eigenvalue weighted by Crippen LogP contribution is 2.37. The monoisotopic (exact) mass is 204 g/mol. The van der Waals surface area contributed by atoms with Crippen molar-refractivity contribution >= 4 is 5.69 Å². The average Bonchev–Trinajstić information content (AvgIpc) is 3.03. The van der Waals surface area contributed by atoms with E-state index in [9.17, 15) is 0 Å². The highest BCUT2D eigenvalue weighted by Gasteiger charge is 2.36. The third-order valence-corrected chi connectivity index (χ3v) is 3.25. The zero-order valence-corrected chi connectivity index (χ0v) is 9.56. The number of para-hydroxylation sites is 1. The smallest absolute Gasteiger partial charge is 0.0463 e. The van der Waals surface area contributed by atoms with Crippen molar-refractivity contribution in [3.63, 3.8) is 0 Å². The topological polar surface area (TPSA) is 29.3 Å². The first-order valence-electron chi connectivity index (χ1n) is 5.73. The highest BCUT2D eigenvalue weighted by atomic mass is 15.2. The number of nitrogens with zero attached hydrogens (tertiary/aromatic N) is 1. The van der Waals surface area contributed by atoms with Gasteiger partial charge in [-0.15, -0.1) is 0 Å². The molecule has 0 aliphatic heterocycles. The van der Waals surface area contributed by atoms with Crippen LogP contribution >= 0.6 is 0 Å². The van der Waals surface area contributed by atoms with Crippen molar-refractivity contribution < 1.29 is 0 Å². The quantitative estimate of drug-likeness (QED) is 0.815. The van der Waals surface area contributed by atoms with Crippen LogP contribution in [0.25, 0.3) is 0 Å². The molecule has 0 heterocycles. The molecular weight excluding hydrogens is 184 g/mol. The molecule has 2 nitrogen and oxygen atoms in total. The molecule has 0 saturated heterocycles. The second-order valence-electron chi connectivity index (χ2n) is 4.63. The standard InChI is InChI=1S/C13H20N2/c1-10(14)13(11-8-9-11)15(2)12-6-4-3-5-7-12/h3-7,10-11,13H,8-9,14H2,1-2H3. The molecule has 2 rings (SSSR count). The second kappa shape index (κ2) is 4.23. The summed E-state index contributed by atoms with van der Waals surface area (Å²) in [6.45, 7) is 2.11. The predicted molar refractivity (Wildman–Crippen MR) is 65.0 cm³/mol. The van der Waals surface area contributed by atoms with Gasteiger partial charge in [0.2, 0.25) is 0 Å². The first kappa shape index (κ1) is 10.5. The molecule has 2 unspecified atom stereocenters. The van der Waals surface area contributed by atoms with Gasteiger partial charge in [0.25, 0.3) is 0 Å². The third kappa shape index (κ3) is 2.32. The largest absolute Gasteiger partial charge is 0.370 e. The summed E-state index contributed by atoms with van der Waals surface area (Å²) in [4.78, 5) is 2.34. The summed E-state index contributed by atoms with van der Waals surface area (Å²) in [5.41, 5.74) is 7.34. The van der Waals surface area contributed by atoms with Crippen LogP contribution in [0.15, 0.2) is 30.3 Å². The fourth-order valence-electron chi connectivity index (χ4n) is 2.37. The first-order valence-corrected chi connectivity index (χ1v) is 5.73. The Kier molecular flexibility index (Phi) is 2.96. The molecule has 2 heteroatoms. The SMILES string of the molecule is CC(N)C(C1CC1)N(C)c1ccccc1. The molecule has 82 valence electrons. The summed E-state index contributed by atoms with van der Waals surface area (Å²) in [6.07, 6.45) is 2.67. The van der Waals surface area contributed by atoms with Gasteiger partial charge in [-0.25, -0.2) is 0 Å². The summed E-state index contributed by atoms with van der Waals surface area (Å²) in [5.74, 6) is 0.801. The van der Waals surface area contributed by atoms with Crippen LogP contribution in [-0.4, -0.2) is 19.1 Å². The lowest BCUT2D eigenvalue weighted by molar-refractivity contribution is 0.483. The number of anilines is 1. The van der Waals surface area contributed by atoms with Crippen molar-refractivity contribution in [2.75, 3.05) is 11.9 Å². The molecule has 0 amide bonds. The van der Waals surface area contributed by atoms with E-state index in [1.54, 1.807) is 0 Å². The van der Waals surface area contributed by atoms with Crippen molar-refractivity contribution in [1.82, 2.24) is 0 Å². The second-order valence-corrected chi connectivity index (χ2v) is 4.63. The molecule has 1 aliphatic rings. The fourth-order valence-corrected chi connectivity index (χ4v) is 2.37. The molecule has 15 heavy (non-hydrogen) atoms. The minimum absolute atomic E-state index is 0.239. The minimum Gasteiger partial charge on any atom is -0.370 e. The lowest BCUT2D eigenvalue weighted by Crippen LogP contribution is -2.46. The molecule has 1 aromatic rings. The predicted octanol–water partition coefficient (Wildman–Crippen LogP) is 2.25. The first-order chi connectivity index (χ1) is 7.20. The third-order valence-electron chi connectivity index (χ3n) is 3.25. The van der Waals surface area contributed by atoms with Crippen LogP contribution in [0.3, 0.4) is 0 Å². The van der Waals surface area contributed by atoms with Crippen LogP contribution in [0.4, 0.5) is 5.69 Å². The normalized spacial score (nSPS) is 19.7. The molecular formula is C13H20N2. The van der Waals surface area contributed by atoms with Gasteiger partial charge in [0.05, 0.1) is 0 Å². The molecule has 0 aromatic heterocycles. The lowest BCUT2D eigenvalue weighted by Gasteiger charge is -2.33. The molecule has 1 aliphatic carbocycles. The van der Waals surface area contributed by atoms with Crippen LogP contribution in [0, 0.1) is 5.92 Å². The molecule has 0 radical (unpaired) electrons. The summed E-state index contributed by atoms with van der Waals surface area (Å²) >= 11 is 0. The number of rotatable bonds is 4. The Labute approximate surface area is 92.1 Å². The van der Waals surface area contributed by atoms with Gasteiger partial charge in [-0.2, -0.15) is 0 Å². The maximum Gasteiger partial charge on any atom is 0.0463 e. The Balaban J connectivity index is 2.14. The van der Waals surface area contributed by atoms with Gasteiger partial charge < -0.3 is 10.6 Å². The van der Waals surface area contributed by atoms with E-state index in [4.69, 9.17) is 5.73 Å². The van der Waals surface area contributed by atoms with Gasteiger partial charge >= 0.3 is 0 Å². The maximum absolute atomic E-state index is 6.07. The van der Waals surface area contributed by atoms with E-state index in [1.807, 2.05) is 0 Å². The molecule has 1 saturated carbocycles. The van der Waals surface area contributed by atoms with Crippen LogP contribution in [0.2, 0.25) is 0 Å². The average molecular weight is 204 g/mol. The lowest BCUT2D eigenvalue weighted by atomic mass is 10.0. The fraction of sp³-hybridized carbons (Fsp3) is 0.538. The number of likely N-dealkylation sites (N-methyl/N-ethyl adjacent to an activating group) is 1. The molecule has 1 fully saturated rings. The molecule has 1 aromatic carbocycles. The van der Waals surface area contributed by atoms with E-state index in [0.717, 1.165) is 5.92 Å². The van der Waals surface area contributed by atoms with E-state index in [0.29, 0.717) is 6.04 Å².